The molecule has 0 bridgehead atoms. The van der Waals surface area contributed by atoms with Gasteiger partial charge in [-0.05, 0) is 74.8 Å². The molecule has 5 rings (SSSR count). The predicted octanol–water partition coefficient (Wildman–Crippen LogP) is 3.82. The molecule has 1 aromatic rings. The number of carbonyl (C=O) groups excluding carboxylic acids is 1. The number of hydrogen-bond donors (Lipinski definition) is 1. The highest BCUT2D eigenvalue weighted by Crippen LogP contribution is 2.53. The summed E-state index contributed by atoms with van der Waals surface area (Å²) in [5, 5.41) is 9.87. The lowest BCUT2D eigenvalue weighted by atomic mass is 9.69. The molecule has 1 amide bonds. The van der Waals surface area contributed by atoms with Crippen molar-refractivity contribution in [1.82, 2.24) is 4.90 Å². The number of hydrogen-bond acceptors (Lipinski definition) is 2. The number of aliphatic hydroxyl groups is 1. The first-order chi connectivity index (χ1) is 11.9. The minimum Gasteiger partial charge on any atom is -0.390 e. The first-order valence-electron chi connectivity index (χ1n) is 10.0. The highest BCUT2D eigenvalue weighted by molar-refractivity contribution is 5.81. The van der Waals surface area contributed by atoms with Crippen LogP contribution in [0, 0.1) is 11.3 Å². The van der Waals surface area contributed by atoms with E-state index in [-0.39, 0.29) is 11.8 Å². The summed E-state index contributed by atoms with van der Waals surface area (Å²) >= 11 is 0. The summed E-state index contributed by atoms with van der Waals surface area (Å²) in [6.45, 7) is 3.73. The molecule has 3 nitrogen and oxygen atoms in total. The van der Waals surface area contributed by atoms with Crippen LogP contribution in [0.4, 0.5) is 0 Å². The van der Waals surface area contributed by atoms with E-state index < -0.39 is 5.60 Å². The van der Waals surface area contributed by atoms with E-state index in [1.54, 1.807) is 5.56 Å². The van der Waals surface area contributed by atoms with Crippen molar-refractivity contribution in [2.24, 2.45) is 11.3 Å². The average molecular weight is 339 g/mol. The van der Waals surface area contributed by atoms with Crippen molar-refractivity contribution >= 4 is 5.91 Å². The van der Waals surface area contributed by atoms with Crippen molar-refractivity contribution in [3.05, 3.63) is 35.4 Å². The lowest BCUT2D eigenvalue weighted by Gasteiger charge is -2.52. The molecule has 4 aliphatic rings. The minimum atomic E-state index is -0.603. The Balaban J connectivity index is 1.19. The molecule has 3 heteroatoms. The summed E-state index contributed by atoms with van der Waals surface area (Å²) in [5.41, 5.74) is 2.85. The fraction of sp³-hybridized carbons (Fsp3) is 0.682. The van der Waals surface area contributed by atoms with Crippen LogP contribution in [0.25, 0.3) is 0 Å². The third-order valence-electron chi connectivity index (χ3n) is 7.22. The molecular weight excluding hydrogens is 310 g/mol. The van der Waals surface area contributed by atoms with Gasteiger partial charge in [0.25, 0.3) is 0 Å². The maximum atomic E-state index is 12.5. The van der Waals surface area contributed by atoms with Crippen LogP contribution in [0.5, 0.6) is 0 Å². The number of rotatable bonds is 3. The largest absolute Gasteiger partial charge is 0.390 e. The van der Waals surface area contributed by atoms with Crippen LogP contribution in [-0.2, 0) is 4.79 Å². The predicted molar refractivity (Wildman–Crippen MR) is 97.4 cm³/mol. The van der Waals surface area contributed by atoms with Gasteiger partial charge < -0.3 is 10.0 Å². The van der Waals surface area contributed by atoms with Crippen LogP contribution in [0.2, 0.25) is 0 Å². The Bertz CT molecular complexity index is 692. The highest BCUT2D eigenvalue weighted by Gasteiger charge is 2.53. The van der Waals surface area contributed by atoms with Crippen molar-refractivity contribution < 1.29 is 9.90 Å². The Hall–Kier alpha value is -1.35. The van der Waals surface area contributed by atoms with Gasteiger partial charge in [0.05, 0.1) is 5.60 Å². The Labute approximate surface area is 150 Å². The summed E-state index contributed by atoms with van der Waals surface area (Å²) in [5.74, 6) is 1.86. The van der Waals surface area contributed by atoms with E-state index in [0.717, 1.165) is 19.0 Å². The van der Waals surface area contributed by atoms with Crippen LogP contribution in [0.3, 0.4) is 0 Å². The number of likely N-dealkylation sites (tertiary alicyclic amines) is 1. The molecule has 0 radical (unpaired) electrons. The van der Waals surface area contributed by atoms with Crippen LogP contribution in [0.15, 0.2) is 24.3 Å². The van der Waals surface area contributed by atoms with Crippen LogP contribution < -0.4 is 0 Å². The molecule has 1 saturated heterocycles. The summed E-state index contributed by atoms with van der Waals surface area (Å²) in [7, 11) is 0. The van der Waals surface area contributed by atoms with Gasteiger partial charge in [-0.2, -0.15) is 0 Å². The molecule has 1 aromatic carbocycles. The van der Waals surface area contributed by atoms with Gasteiger partial charge in [-0.3, -0.25) is 4.79 Å². The maximum Gasteiger partial charge on any atom is 0.225 e. The Morgan fingerprint density at radius 2 is 1.76 bits per heavy atom. The third kappa shape index (κ3) is 2.81. The molecule has 0 aromatic heterocycles. The van der Waals surface area contributed by atoms with E-state index in [2.05, 4.69) is 29.2 Å². The summed E-state index contributed by atoms with van der Waals surface area (Å²) in [6, 6.07) is 9.31. The van der Waals surface area contributed by atoms with Gasteiger partial charge in [0.1, 0.15) is 0 Å². The van der Waals surface area contributed by atoms with E-state index in [4.69, 9.17) is 0 Å². The monoisotopic (exact) mass is 339 g/mol. The molecule has 1 spiro atoms. The van der Waals surface area contributed by atoms with Gasteiger partial charge >= 0.3 is 0 Å². The number of carbonyl (C=O) groups is 1. The Morgan fingerprint density at radius 3 is 2.40 bits per heavy atom. The number of nitrogens with zero attached hydrogens (tertiary/aromatic N) is 1. The molecule has 3 aliphatic carbocycles. The van der Waals surface area contributed by atoms with E-state index in [1.165, 1.54) is 37.7 Å². The normalized spacial score (nSPS) is 36.2. The molecule has 3 saturated carbocycles. The second-order valence-electron chi connectivity index (χ2n) is 9.68. The molecule has 134 valence electrons. The van der Waals surface area contributed by atoms with Crippen molar-refractivity contribution in [2.75, 3.05) is 13.1 Å². The smallest absolute Gasteiger partial charge is 0.225 e. The molecule has 0 unspecified atom stereocenters. The second-order valence-corrected chi connectivity index (χ2v) is 9.68. The zero-order valence-electron chi connectivity index (χ0n) is 15.2. The Morgan fingerprint density at radius 1 is 1.08 bits per heavy atom. The fourth-order valence-electron chi connectivity index (χ4n) is 5.62. The average Bonchev–Trinajstić information content (AvgIpc) is 3.29. The van der Waals surface area contributed by atoms with E-state index in [0.29, 0.717) is 24.2 Å². The Kier molecular flexibility index (Phi) is 3.38. The van der Waals surface area contributed by atoms with Crippen LogP contribution in [0.1, 0.15) is 74.8 Å². The summed E-state index contributed by atoms with van der Waals surface area (Å²) in [4.78, 5) is 14.6. The van der Waals surface area contributed by atoms with Crippen molar-refractivity contribution in [3.8, 4) is 0 Å². The minimum absolute atomic E-state index is 0.0692. The molecule has 1 heterocycles. The SMILES string of the molecule is C[C@]1(O)C[C@@H](C(=O)N2CC3(CC[C@H](c4cccc(C5CC5)c4)C3)C2)C1. The zero-order valence-corrected chi connectivity index (χ0v) is 15.2. The zero-order chi connectivity index (χ0) is 17.2. The number of benzene rings is 1. The second kappa shape index (κ2) is 5.33. The highest BCUT2D eigenvalue weighted by atomic mass is 16.3. The molecule has 1 aliphatic heterocycles. The van der Waals surface area contributed by atoms with Crippen LogP contribution >= 0.6 is 0 Å². The van der Waals surface area contributed by atoms with Gasteiger partial charge in [-0.15, -0.1) is 0 Å². The van der Waals surface area contributed by atoms with Crippen molar-refractivity contribution in [3.63, 3.8) is 0 Å². The topological polar surface area (TPSA) is 40.5 Å². The van der Waals surface area contributed by atoms with E-state index in [9.17, 15) is 9.90 Å². The van der Waals surface area contributed by atoms with Crippen LogP contribution in [-0.4, -0.2) is 34.6 Å². The quantitative estimate of drug-likeness (QED) is 0.909. The molecular formula is C22H29NO2. The van der Waals surface area contributed by atoms with E-state index in [1.807, 2.05) is 6.92 Å². The molecule has 4 fully saturated rings. The summed E-state index contributed by atoms with van der Waals surface area (Å²) in [6.07, 6.45) is 7.79. The van der Waals surface area contributed by atoms with Gasteiger partial charge in [0, 0.05) is 24.4 Å². The van der Waals surface area contributed by atoms with Gasteiger partial charge in [0.2, 0.25) is 5.91 Å². The van der Waals surface area contributed by atoms with Crippen molar-refractivity contribution in [2.45, 2.75) is 69.3 Å². The first kappa shape index (κ1) is 15.9. The maximum absolute atomic E-state index is 12.5. The molecule has 1 N–H and O–H groups in total. The fourth-order valence-corrected chi connectivity index (χ4v) is 5.62. The summed E-state index contributed by atoms with van der Waals surface area (Å²) < 4.78 is 0. The first-order valence-corrected chi connectivity index (χ1v) is 10.0. The lowest BCUT2D eigenvalue weighted by molar-refractivity contribution is -0.161. The third-order valence-corrected chi connectivity index (χ3v) is 7.22. The molecule has 1 atom stereocenters. The number of amides is 1. The lowest BCUT2D eigenvalue weighted by Crippen LogP contribution is -2.61. The van der Waals surface area contributed by atoms with Crippen molar-refractivity contribution in [1.29, 1.82) is 0 Å². The van der Waals surface area contributed by atoms with E-state index >= 15 is 0 Å². The standard InChI is InChI=1S/C22H29NO2/c1-21(25)10-19(11-21)20(24)23-13-22(14-23)8-7-18(12-22)17-4-2-3-16(9-17)15-5-6-15/h2-4,9,15,18-19,25H,5-8,10-14H2,1H3/t18-,19-,21+/m0/s1. The molecule has 25 heavy (non-hydrogen) atoms. The van der Waals surface area contributed by atoms with Gasteiger partial charge in [0.15, 0.2) is 0 Å². The van der Waals surface area contributed by atoms with Gasteiger partial charge in [-0.1, -0.05) is 24.3 Å². The van der Waals surface area contributed by atoms with Gasteiger partial charge in [-0.25, -0.2) is 0 Å².